The Morgan fingerprint density at radius 3 is 2.40 bits per heavy atom. The maximum Gasteiger partial charge on any atom is 2.00 e. The average Bonchev–Trinajstić information content (AvgIpc) is 3.41. The predicted molar refractivity (Wildman–Crippen MR) is 148 cm³/mol. The molecule has 0 spiro atoms. The van der Waals surface area contributed by atoms with Crippen LogP contribution in [0.25, 0.3) is 0 Å². The molecule has 42 heavy (non-hydrogen) atoms. The number of aromatic nitrogens is 3. The molecule has 224 valence electrons. The number of hydrogen-bond donors (Lipinski definition) is 4. The summed E-state index contributed by atoms with van der Waals surface area (Å²) in [5.41, 5.74) is 5.24. The Labute approximate surface area is 268 Å². The molecule has 1 amide bonds. The van der Waals surface area contributed by atoms with Crippen LogP contribution in [0.3, 0.4) is 0 Å². The number of benzene rings is 2. The molecule has 0 aliphatic carbocycles. The molecular weight excluding hydrogens is 897 g/mol. The molecule has 4 atom stereocenters. The predicted octanol–water partition coefficient (Wildman–Crippen LogP) is 1.34. The van der Waals surface area contributed by atoms with Gasteiger partial charge in [-0.15, -0.1) is 0 Å². The van der Waals surface area contributed by atoms with Gasteiger partial charge < -0.3 is 0 Å². The fraction of sp³-hybridized carbons (Fsp3) is 0.250. The molecule has 0 radical (unpaired) electrons. The summed E-state index contributed by atoms with van der Waals surface area (Å²) >= 11 is -5.39. The molecule has 18 heteroatoms. The summed E-state index contributed by atoms with van der Waals surface area (Å²) in [6.45, 7) is 2.12. The Kier molecular flexibility index (Phi) is 13.9. The minimum absolute atomic E-state index is 0. The summed E-state index contributed by atoms with van der Waals surface area (Å²) in [6.07, 6.45) is -0.985. The number of hydrogen-bond acceptors (Lipinski definition) is 12. The third kappa shape index (κ3) is 10.4. The molecule has 0 aliphatic rings. The van der Waals surface area contributed by atoms with Crippen molar-refractivity contribution in [3.05, 3.63) is 95.4 Å². The third-order valence-corrected chi connectivity index (χ3v) is 8.72. The maximum atomic E-state index is 13.9. The average molecular weight is 924 g/mol. The molecule has 2 aromatic carbocycles. The molecule has 0 bridgehead atoms. The first-order valence-corrected chi connectivity index (χ1v) is 15.5. The SMILES string of the molecule is CCOC(=O)[C@@H](NI(=O)(OC[CH-][C@@H](O)[C@@H](O)[CH-]n1cnc(C(N)=O)n1)Oc1ccc([N+](=O)[O-])cc1)c1ccccc1.[U+2]. The number of amides is 1. The van der Waals surface area contributed by atoms with E-state index in [4.69, 9.17) is 16.6 Å². The summed E-state index contributed by atoms with van der Waals surface area (Å²) in [6, 6.07) is 11.6. The molecule has 0 aliphatic heterocycles. The smallest absolute Gasteiger partial charge is 2.00 e. The van der Waals surface area contributed by atoms with E-state index < -0.39 is 61.2 Å². The van der Waals surface area contributed by atoms with Crippen molar-refractivity contribution in [1.82, 2.24) is 18.3 Å². The van der Waals surface area contributed by atoms with E-state index in [9.17, 15) is 33.0 Å². The molecule has 0 saturated heterocycles. The van der Waals surface area contributed by atoms with Crippen molar-refractivity contribution in [3.8, 4) is 5.75 Å². The molecule has 3 aromatic rings. The number of non-ortho nitro benzene ring substituents is 1. The van der Waals surface area contributed by atoms with Crippen LogP contribution in [0.15, 0.2) is 60.9 Å². The summed E-state index contributed by atoms with van der Waals surface area (Å²) in [4.78, 5) is 37.9. The second-order valence-corrected chi connectivity index (χ2v) is 12.1. The molecule has 16 nitrogen and oxygen atoms in total. The van der Waals surface area contributed by atoms with E-state index in [1.165, 1.54) is 12.1 Å². The third-order valence-electron chi connectivity index (χ3n) is 5.06. The van der Waals surface area contributed by atoms with Crippen LogP contribution in [0.4, 0.5) is 5.69 Å². The number of ether oxygens (including phenoxy) is 1. The standard InChI is InChI=1S/C24H27IN6O10.U/c1-2-39-24(35)21(16-6-4-3-5-7-16)28-25(36,41-18-10-8-17(9-11-18)31(37)38)40-13-12-19(32)20(33)14-30-15-27-23(29-30)22(26)34;/h3-12,14-15,19-21,32-33H,2,13H2,1H3,(H2,26,34)(H,28,36);/q-2;+2/t19-,20+,21+;/m1./s1. The van der Waals surface area contributed by atoms with Gasteiger partial charge in [-0.05, 0) is 0 Å². The number of nitrogens with two attached hydrogens (primary N) is 1. The fourth-order valence-electron chi connectivity index (χ4n) is 3.12. The number of nitrogens with one attached hydrogen (secondary N) is 1. The van der Waals surface area contributed by atoms with Gasteiger partial charge in [-0.2, -0.15) is 0 Å². The minimum atomic E-state index is -5.39. The van der Waals surface area contributed by atoms with Gasteiger partial charge in [-0.25, -0.2) is 0 Å². The zero-order valence-electron chi connectivity index (χ0n) is 22.0. The van der Waals surface area contributed by atoms with Crippen molar-refractivity contribution >= 4 is 37.1 Å². The first-order valence-electron chi connectivity index (χ1n) is 11.8. The minimum Gasteiger partial charge on any atom is 2.00 e. The van der Waals surface area contributed by atoms with Gasteiger partial charge in [0.1, 0.15) is 0 Å². The van der Waals surface area contributed by atoms with Gasteiger partial charge in [0.2, 0.25) is 0 Å². The second kappa shape index (κ2) is 16.6. The summed E-state index contributed by atoms with van der Waals surface area (Å²) < 4.78 is 33.7. The van der Waals surface area contributed by atoms with Gasteiger partial charge in [0.05, 0.1) is 0 Å². The molecule has 1 aromatic heterocycles. The molecule has 3 rings (SSSR count). The zero-order valence-corrected chi connectivity index (χ0v) is 28.3. The first-order chi connectivity index (χ1) is 19.5. The monoisotopic (exact) mass is 924 g/mol. The van der Waals surface area contributed by atoms with Crippen molar-refractivity contribution in [1.29, 1.82) is 0 Å². The Bertz CT molecular complexity index is 1380. The summed E-state index contributed by atoms with van der Waals surface area (Å²) in [5.74, 6) is -2.02. The number of aliphatic hydroxyl groups excluding tert-OH is 2. The first kappa shape index (κ1) is 35.2. The van der Waals surface area contributed by atoms with Crippen LogP contribution in [-0.2, 0) is 15.7 Å². The number of halogens is 1. The van der Waals surface area contributed by atoms with E-state index in [0.29, 0.717) is 5.56 Å². The van der Waals surface area contributed by atoms with Crippen molar-refractivity contribution in [2.24, 2.45) is 5.73 Å². The van der Waals surface area contributed by atoms with E-state index in [0.717, 1.165) is 36.1 Å². The number of aliphatic hydroxyl groups is 2. The van der Waals surface area contributed by atoms with Crippen molar-refractivity contribution in [2.45, 2.75) is 25.2 Å². The Morgan fingerprint density at radius 2 is 1.83 bits per heavy atom. The van der Waals surface area contributed by atoms with Crippen LogP contribution < -0.4 is 12.3 Å². The topological polar surface area (TPSA) is 231 Å². The van der Waals surface area contributed by atoms with Gasteiger partial charge in [0, 0.05) is 0 Å². The van der Waals surface area contributed by atoms with E-state index in [-0.39, 0.29) is 55.0 Å². The Morgan fingerprint density at radius 1 is 1.17 bits per heavy atom. The van der Waals surface area contributed by atoms with E-state index >= 15 is 0 Å². The zero-order chi connectivity index (χ0) is 30.0. The summed E-state index contributed by atoms with van der Waals surface area (Å²) in [7, 11) is 0. The number of primary amides is 1. The van der Waals surface area contributed by atoms with Crippen LogP contribution in [0.5, 0.6) is 5.75 Å². The van der Waals surface area contributed by atoms with E-state index in [2.05, 4.69) is 13.6 Å². The normalized spacial score (nSPS) is 15.1. The number of nitro groups is 1. The fourth-order valence-corrected chi connectivity index (χ4v) is 6.58. The number of esters is 1. The molecule has 0 fully saturated rings. The van der Waals surface area contributed by atoms with Crippen LogP contribution >= 0.6 is 19.5 Å². The number of nitrogens with zero attached hydrogens (tertiary/aromatic N) is 4. The quantitative estimate of drug-likeness (QED) is 0.0398. The van der Waals surface area contributed by atoms with Crippen molar-refractivity contribution in [2.75, 3.05) is 13.2 Å². The van der Waals surface area contributed by atoms with Crippen LogP contribution in [0, 0.1) is 54.2 Å². The number of nitro benzene ring substituents is 1. The molecule has 5 N–H and O–H groups in total. The van der Waals surface area contributed by atoms with E-state index in [1.807, 2.05) is 0 Å². The molecule has 1 unspecified atom stereocenters. The largest absolute Gasteiger partial charge is 2.00 e. The van der Waals surface area contributed by atoms with Crippen molar-refractivity contribution in [3.63, 3.8) is 0 Å². The molecular formula is C24H27IN6O10U. The van der Waals surface area contributed by atoms with Gasteiger partial charge in [0.15, 0.2) is 0 Å². The van der Waals surface area contributed by atoms with Crippen LogP contribution in [0.1, 0.15) is 29.1 Å². The Hall–Kier alpha value is -2.99. The summed E-state index contributed by atoms with van der Waals surface area (Å²) in [5, 5.41) is 35.3. The Balaban J connectivity index is 0.00000616. The van der Waals surface area contributed by atoms with Crippen molar-refractivity contribution < 1.29 is 69.8 Å². The van der Waals surface area contributed by atoms with Crippen LogP contribution in [0.2, 0.25) is 0 Å². The maximum absolute atomic E-state index is 13.9. The van der Waals surface area contributed by atoms with Gasteiger partial charge in [0.25, 0.3) is 0 Å². The molecule has 0 saturated carbocycles. The van der Waals surface area contributed by atoms with Crippen LogP contribution in [-0.4, -0.2) is 67.2 Å². The van der Waals surface area contributed by atoms with E-state index in [1.54, 1.807) is 37.3 Å². The van der Waals surface area contributed by atoms with Gasteiger partial charge in [-0.1, -0.05) is 0 Å². The van der Waals surface area contributed by atoms with Gasteiger partial charge >= 0.3 is 270 Å². The number of carbonyl (C=O) groups is 2. The number of rotatable bonds is 16. The molecule has 1 heterocycles. The number of carbonyl (C=O) groups excluding carboxylic acids is 2. The second-order valence-electron chi connectivity index (χ2n) is 8.01. The van der Waals surface area contributed by atoms with Gasteiger partial charge in [-0.3, -0.25) is 0 Å².